The molecule has 3 heteroatoms. The number of nitrogens with one attached hydrogen (secondary N) is 1. The van der Waals surface area contributed by atoms with Crippen LogP contribution >= 0.6 is 0 Å². The van der Waals surface area contributed by atoms with Crippen LogP contribution in [0.1, 0.15) is 35.2 Å². The SMILES string of the molecule is CNC(CC1Cc2ccccc21)c1ncccc1F. The third kappa shape index (κ3) is 2.26. The summed E-state index contributed by atoms with van der Waals surface area (Å²) in [7, 11) is 1.86. The Morgan fingerprint density at radius 3 is 2.89 bits per heavy atom. The van der Waals surface area contributed by atoms with E-state index in [2.05, 4.69) is 34.6 Å². The molecular formula is C16H17FN2. The number of benzene rings is 1. The van der Waals surface area contributed by atoms with Gasteiger partial charge in [0.15, 0.2) is 0 Å². The molecule has 19 heavy (non-hydrogen) atoms. The van der Waals surface area contributed by atoms with Crippen LogP contribution in [-0.4, -0.2) is 12.0 Å². The molecule has 0 saturated carbocycles. The fourth-order valence-corrected chi connectivity index (χ4v) is 2.88. The highest BCUT2D eigenvalue weighted by atomic mass is 19.1. The molecule has 2 atom stereocenters. The summed E-state index contributed by atoms with van der Waals surface area (Å²) in [5, 5.41) is 3.19. The molecule has 1 aromatic heterocycles. The first-order chi connectivity index (χ1) is 9.29. The van der Waals surface area contributed by atoms with Gasteiger partial charge in [-0.2, -0.15) is 0 Å². The Kier molecular flexibility index (Phi) is 3.30. The molecule has 1 N–H and O–H groups in total. The number of hydrogen-bond acceptors (Lipinski definition) is 2. The fourth-order valence-electron chi connectivity index (χ4n) is 2.88. The van der Waals surface area contributed by atoms with Gasteiger partial charge in [0.1, 0.15) is 5.82 Å². The van der Waals surface area contributed by atoms with Crippen molar-refractivity contribution >= 4 is 0 Å². The van der Waals surface area contributed by atoms with E-state index in [1.165, 1.54) is 17.2 Å². The van der Waals surface area contributed by atoms with E-state index in [1.54, 1.807) is 12.3 Å². The Bertz CT molecular complexity index is 582. The van der Waals surface area contributed by atoms with Gasteiger partial charge in [0.2, 0.25) is 0 Å². The monoisotopic (exact) mass is 256 g/mol. The van der Waals surface area contributed by atoms with E-state index in [4.69, 9.17) is 0 Å². The lowest BCUT2D eigenvalue weighted by Crippen LogP contribution is -2.26. The molecule has 0 fully saturated rings. The Balaban J connectivity index is 1.78. The average Bonchev–Trinajstić information content (AvgIpc) is 2.42. The van der Waals surface area contributed by atoms with E-state index in [1.807, 2.05) is 7.05 Å². The second kappa shape index (κ2) is 5.10. The molecule has 1 aliphatic rings. The molecule has 2 aromatic rings. The summed E-state index contributed by atoms with van der Waals surface area (Å²) in [5.41, 5.74) is 3.34. The zero-order valence-electron chi connectivity index (χ0n) is 10.9. The van der Waals surface area contributed by atoms with E-state index in [-0.39, 0.29) is 11.9 Å². The second-order valence-electron chi connectivity index (χ2n) is 5.05. The average molecular weight is 256 g/mol. The summed E-state index contributed by atoms with van der Waals surface area (Å²) in [5.74, 6) is 0.282. The van der Waals surface area contributed by atoms with E-state index >= 15 is 0 Å². The number of rotatable bonds is 4. The van der Waals surface area contributed by atoms with Gasteiger partial charge >= 0.3 is 0 Å². The van der Waals surface area contributed by atoms with Crippen LogP contribution in [0.15, 0.2) is 42.6 Å². The summed E-state index contributed by atoms with van der Waals surface area (Å²) in [6.07, 6.45) is 3.63. The zero-order chi connectivity index (χ0) is 13.2. The molecule has 0 amide bonds. The lowest BCUT2D eigenvalue weighted by atomic mass is 9.74. The Morgan fingerprint density at radius 1 is 1.32 bits per heavy atom. The number of hydrogen-bond donors (Lipinski definition) is 1. The number of pyridine rings is 1. The van der Waals surface area contributed by atoms with Crippen molar-refractivity contribution in [3.05, 3.63) is 65.2 Å². The van der Waals surface area contributed by atoms with E-state index in [0.717, 1.165) is 12.8 Å². The summed E-state index contributed by atoms with van der Waals surface area (Å²) >= 11 is 0. The zero-order valence-corrected chi connectivity index (χ0v) is 10.9. The summed E-state index contributed by atoms with van der Waals surface area (Å²) in [6, 6.07) is 11.6. The van der Waals surface area contributed by atoms with Gasteiger partial charge in [0.05, 0.1) is 11.7 Å². The van der Waals surface area contributed by atoms with E-state index in [0.29, 0.717) is 11.6 Å². The quantitative estimate of drug-likeness (QED) is 0.908. The van der Waals surface area contributed by atoms with Crippen molar-refractivity contribution in [1.29, 1.82) is 0 Å². The van der Waals surface area contributed by atoms with Gasteiger partial charge in [0, 0.05) is 6.20 Å². The van der Waals surface area contributed by atoms with Gasteiger partial charge in [-0.3, -0.25) is 4.98 Å². The fraction of sp³-hybridized carbons (Fsp3) is 0.312. The van der Waals surface area contributed by atoms with Crippen LogP contribution in [0.2, 0.25) is 0 Å². The van der Waals surface area contributed by atoms with Gasteiger partial charge in [-0.25, -0.2) is 4.39 Å². The van der Waals surface area contributed by atoms with Crippen LogP contribution < -0.4 is 5.32 Å². The molecule has 0 aliphatic heterocycles. The minimum Gasteiger partial charge on any atom is -0.312 e. The largest absolute Gasteiger partial charge is 0.312 e. The van der Waals surface area contributed by atoms with Crippen molar-refractivity contribution in [3.8, 4) is 0 Å². The molecule has 1 aliphatic carbocycles. The normalized spacial score (nSPS) is 18.5. The van der Waals surface area contributed by atoms with Crippen LogP contribution in [0, 0.1) is 5.82 Å². The third-order valence-corrected chi connectivity index (χ3v) is 3.95. The van der Waals surface area contributed by atoms with Crippen LogP contribution in [0.5, 0.6) is 0 Å². The molecule has 3 rings (SSSR count). The van der Waals surface area contributed by atoms with Crippen molar-refractivity contribution in [1.82, 2.24) is 10.3 Å². The van der Waals surface area contributed by atoms with Gasteiger partial charge in [-0.1, -0.05) is 24.3 Å². The van der Waals surface area contributed by atoms with Gasteiger partial charge in [-0.15, -0.1) is 0 Å². The first kappa shape index (κ1) is 12.3. The standard InChI is InChI=1S/C16H17FN2/c1-18-15(16-14(17)7-4-8-19-16)10-12-9-11-5-2-3-6-13(11)12/h2-8,12,15,18H,9-10H2,1H3. The maximum Gasteiger partial charge on any atom is 0.146 e. The predicted octanol–water partition coefficient (Wildman–Crippen LogP) is 3.21. The topological polar surface area (TPSA) is 24.9 Å². The molecule has 0 radical (unpaired) electrons. The van der Waals surface area contributed by atoms with Crippen LogP contribution in [0.4, 0.5) is 4.39 Å². The molecule has 2 unspecified atom stereocenters. The first-order valence-electron chi connectivity index (χ1n) is 6.65. The Hall–Kier alpha value is -1.74. The lowest BCUT2D eigenvalue weighted by molar-refractivity contribution is 0.428. The first-order valence-corrected chi connectivity index (χ1v) is 6.65. The maximum absolute atomic E-state index is 13.8. The van der Waals surface area contributed by atoms with Crippen molar-refractivity contribution in [2.24, 2.45) is 0 Å². The number of halogens is 1. The van der Waals surface area contributed by atoms with E-state index < -0.39 is 0 Å². The molecule has 1 aromatic carbocycles. The van der Waals surface area contributed by atoms with E-state index in [9.17, 15) is 4.39 Å². The third-order valence-electron chi connectivity index (χ3n) is 3.95. The molecule has 2 nitrogen and oxygen atoms in total. The summed E-state index contributed by atoms with van der Waals surface area (Å²) in [4.78, 5) is 4.18. The molecule has 0 bridgehead atoms. The Labute approximate surface area is 112 Å². The smallest absolute Gasteiger partial charge is 0.146 e. The van der Waals surface area contributed by atoms with Crippen LogP contribution in [-0.2, 0) is 6.42 Å². The summed E-state index contributed by atoms with van der Waals surface area (Å²) < 4.78 is 13.8. The van der Waals surface area contributed by atoms with Crippen molar-refractivity contribution < 1.29 is 4.39 Å². The summed E-state index contributed by atoms with van der Waals surface area (Å²) in [6.45, 7) is 0. The molecular weight excluding hydrogens is 239 g/mol. The minimum atomic E-state index is -0.227. The van der Waals surface area contributed by atoms with Crippen molar-refractivity contribution in [2.45, 2.75) is 24.8 Å². The molecule has 0 saturated heterocycles. The maximum atomic E-state index is 13.8. The second-order valence-corrected chi connectivity index (χ2v) is 5.05. The highest BCUT2D eigenvalue weighted by molar-refractivity contribution is 5.40. The highest BCUT2D eigenvalue weighted by Gasteiger charge is 2.29. The molecule has 98 valence electrons. The molecule has 1 heterocycles. The van der Waals surface area contributed by atoms with Gasteiger partial charge in [-0.05, 0) is 49.1 Å². The minimum absolute atomic E-state index is 0.0282. The molecule has 0 spiro atoms. The lowest BCUT2D eigenvalue weighted by Gasteiger charge is -2.32. The van der Waals surface area contributed by atoms with Crippen LogP contribution in [0.25, 0.3) is 0 Å². The predicted molar refractivity (Wildman–Crippen MR) is 73.5 cm³/mol. The highest BCUT2D eigenvalue weighted by Crippen LogP contribution is 2.40. The van der Waals surface area contributed by atoms with Gasteiger partial charge in [0.25, 0.3) is 0 Å². The number of nitrogens with zero attached hydrogens (tertiary/aromatic N) is 1. The number of fused-ring (bicyclic) bond motifs is 1. The van der Waals surface area contributed by atoms with Crippen molar-refractivity contribution in [3.63, 3.8) is 0 Å². The van der Waals surface area contributed by atoms with Crippen molar-refractivity contribution in [2.75, 3.05) is 7.05 Å². The number of aromatic nitrogens is 1. The van der Waals surface area contributed by atoms with Crippen LogP contribution in [0.3, 0.4) is 0 Å². The Morgan fingerprint density at radius 2 is 2.16 bits per heavy atom. The van der Waals surface area contributed by atoms with Gasteiger partial charge < -0.3 is 5.32 Å².